The molecule has 1 fully saturated rings. The van der Waals surface area contributed by atoms with Gasteiger partial charge in [0.15, 0.2) is 11.8 Å². The molecule has 0 N–H and O–H groups in total. The average molecular weight is 502 g/mol. The second-order valence-corrected chi connectivity index (χ2v) is 9.23. The summed E-state index contributed by atoms with van der Waals surface area (Å²) in [6, 6.07) is 7.31. The molecule has 4 rings (SSSR count). The van der Waals surface area contributed by atoms with Crippen molar-refractivity contribution in [2.24, 2.45) is 18.9 Å². The minimum Gasteiger partial charge on any atom is -0.463 e. The molecular weight excluding hydrogens is 474 g/mol. The van der Waals surface area contributed by atoms with Crippen LogP contribution < -0.4 is 4.74 Å². The molecule has 10 heteroatoms. The standard InChI is InChI=1S/C25H28ClN3O6/c1-13-14(2)23(33-16(4)31)25(35-22(13)11-32-15(3)30)34-21-7-6-17(8-19(21)26)18-9-20-24(27-10-18)29(5)12-28-20/h6-10,12-14,22-23,25H,11H2,1-5H3/t13-,14-,22?,23?,25-/m0/s1. The van der Waals surface area contributed by atoms with Gasteiger partial charge in [0, 0.05) is 38.6 Å². The Hall–Kier alpha value is -3.17. The van der Waals surface area contributed by atoms with E-state index in [0.29, 0.717) is 10.8 Å². The topological polar surface area (TPSA) is 102 Å². The largest absolute Gasteiger partial charge is 0.463 e. The van der Waals surface area contributed by atoms with Crippen LogP contribution in [0.4, 0.5) is 0 Å². The molecule has 2 aromatic heterocycles. The lowest BCUT2D eigenvalue weighted by molar-refractivity contribution is -0.253. The van der Waals surface area contributed by atoms with Crippen LogP contribution in [0.3, 0.4) is 0 Å². The normalized spacial score (nSPS) is 24.2. The smallest absolute Gasteiger partial charge is 0.303 e. The number of benzene rings is 1. The highest BCUT2D eigenvalue weighted by Gasteiger charge is 2.45. The van der Waals surface area contributed by atoms with Gasteiger partial charge >= 0.3 is 11.9 Å². The van der Waals surface area contributed by atoms with Crippen LogP contribution in [-0.2, 0) is 30.8 Å². The summed E-state index contributed by atoms with van der Waals surface area (Å²) in [6.45, 7) is 6.66. The van der Waals surface area contributed by atoms with E-state index < -0.39 is 30.4 Å². The number of nitrogens with zero attached hydrogens (tertiary/aromatic N) is 3. The maximum Gasteiger partial charge on any atom is 0.303 e. The summed E-state index contributed by atoms with van der Waals surface area (Å²) < 4.78 is 24.8. The predicted molar refractivity (Wildman–Crippen MR) is 129 cm³/mol. The molecule has 2 unspecified atom stereocenters. The number of fused-ring (bicyclic) bond motifs is 1. The highest BCUT2D eigenvalue weighted by molar-refractivity contribution is 6.32. The Morgan fingerprint density at radius 1 is 1.09 bits per heavy atom. The summed E-state index contributed by atoms with van der Waals surface area (Å²) in [6.07, 6.45) is 1.45. The van der Waals surface area contributed by atoms with Crippen molar-refractivity contribution in [2.45, 2.75) is 46.2 Å². The SMILES string of the molecule is CC(=O)OCC1O[C@H](Oc2ccc(-c3cnc4c(c3)ncn4C)cc2Cl)C(OC(C)=O)[C@@H](C)[C@@H]1C. The third kappa shape index (κ3) is 5.41. The molecular formula is C25H28ClN3O6. The van der Waals surface area contributed by atoms with Crippen molar-refractivity contribution in [1.29, 1.82) is 0 Å². The van der Waals surface area contributed by atoms with Gasteiger partial charge in [-0.25, -0.2) is 9.97 Å². The monoisotopic (exact) mass is 501 g/mol. The third-order valence-electron chi connectivity index (χ3n) is 6.32. The molecule has 1 aliphatic rings. The molecule has 0 spiro atoms. The first-order valence-corrected chi connectivity index (χ1v) is 11.7. The number of aromatic nitrogens is 3. The van der Waals surface area contributed by atoms with E-state index in [2.05, 4.69) is 9.97 Å². The number of aryl methyl sites for hydroxylation is 1. The van der Waals surface area contributed by atoms with E-state index in [1.54, 1.807) is 24.7 Å². The van der Waals surface area contributed by atoms with E-state index in [-0.39, 0.29) is 18.4 Å². The van der Waals surface area contributed by atoms with Crippen molar-refractivity contribution in [3.63, 3.8) is 0 Å². The molecule has 3 aromatic rings. The van der Waals surface area contributed by atoms with Crippen LogP contribution >= 0.6 is 11.6 Å². The summed E-state index contributed by atoms with van der Waals surface area (Å²) in [5, 5.41) is 0.358. The highest BCUT2D eigenvalue weighted by atomic mass is 35.5. The van der Waals surface area contributed by atoms with Crippen molar-refractivity contribution < 1.29 is 28.5 Å². The van der Waals surface area contributed by atoms with Crippen molar-refractivity contribution in [3.8, 4) is 16.9 Å². The predicted octanol–water partition coefficient (Wildman–Crippen LogP) is 4.16. The first kappa shape index (κ1) is 24.9. The molecule has 0 radical (unpaired) electrons. The van der Waals surface area contributed by atoms with Gasteiger partial charge in [-0.3, -0.25) is 9.59 Å². The lowest BCUT2D eigenvalue weighted by Crippen LogP contribution is -2.54. The number of pyridine rings is 1. The summed E-state index contributed by atoms with van der Waals surface area (Å²) >= 11 is 6.58. The fraction of sp³-hybridized carbons (Fsp3) is 0.440. The van der Waals surface area contributed by atoms with E-state index in [4.69, 9.17) is 30.5 Å². The van der Waals surface area contributed by atoms with Crippen LogP contribution in [0.5, 0.6) is 5.75 Å². The summed E-state index contributed by atoms with van der Waals surface area (Å²) in [7, 11) is 1.89. The number of hydrogen-bond donors (Lipinski definition) is 0. The number of carbonyl (C=O) groups excluding carboxylic acids is 2. The molecule has 1 aromatic carbocycles. The molecule has 3 heterocycles. The van der Waals surface area contributed by atoms with Crippen molar-refractivity contribution >= 4 is 34.7 Å². The molecule has 9 nitrogen and oxygen atoms in total. The summed E-state index contributed by atoms with van der Waals surface area (Å²) in [5.41, 5.74) is 3.28. The number of carbonyl (C=O) groups is 2. The minimum atomic E-state index is -0.930. The van der Waals surface area contributed by atoms with Crippen LogP contribution in [0, 0.1) is 11.8 Å². The number of halogens is 1. The third-order valence-corrected chi connectivity index (χ3v) is 6.62. The van der Waals surface area contributed by atoms with Crippen LogP contribution in [0.1, 0.15) is 27.7 Å². The quantitative estimate of drug-likeness (QED) is 0.464. The second kappa shape index (κ2) is 10.2. The van der Waals surface area contributed by atoms with Gasteiger partial charge in [0.25, 0.3) is 0 Å². The van der Waals surface area contributed by atoms with Gasteiger partial charge in [0.2, 0.25) is 6.29 Å². The Kier molecular flexibility index (Phi) is 7.28. The maximum absolute atomic E-state index is 11.8. The summed E-state index contributed by atoms with van der Waals surface area (Å²) in [5.74, 6) is -0.635. The van der Waals surface area contributed by atoms with Gasteiger partial charge in [-0.1, -0.05) is 31.5 Å². The molecule has 1 aliphatic heterocycles. The van der Waals surface area contributed by atoms with E-state index in [1.807, 2.05) is 37.6 Å². The number of ether oxygens (including phenoxy) is 4. The zero-order valence-corrected chi connectivity index (χ0v) is 21.0. The van der Waals surface area contributed by atoms with Gasteiger partial charge in [-0.05, 0) is 29.7 Å². The average Bonchev–Trinajstić information content (AvgIpc) is 3.18. The van der Waals surface area contributed by atoms with Crippen molar-refractivity contribution in [3.05, 3.63) is 41.8 Å². The molecule has 186 valence electrons. The number of imidazole rings is 1. The van der Waals surface area contributed by atoms with E-state index in [1.165, 1.54) is 13.8 Å². The van der Waals surface area contributed by atoms with E-state index in [0.717, 1.165) is 22.3 Å². The fourth-order valence-electron chi connectivity index (χ4n) is 4.17. The first-order chi connectivity index (χ1) is 16.6. The molecule has 0 aliphatic carbocycles. The minimum absolute atomic E-state index is 0.0505. The Morgan fingerprint density at radius 3 is 2.54 bits per heavy atom. The Balaban J connectivity index is 1.57. The van der Waals surface area contributed by atoms with Crippen LogP contribution in [0.2, 0.25) is 5.02 Å². The lowest BCUT2D eigenvalue weighted by Gasteiger charge is -2.43. The molecule has 0 saturated carbocycles. The summed E-state index contributed by atoms with van der Waals surface area (Å²) in [4.78, 5) is 31.9. The number of esters is 2. The Morgan fingerprint density at radius 2 is 1.86 bits per heavy atom. The highest BCUT2D eigenvalue weighted by Crippen LogP contribution is 2.37. The molecule has 35 heavy (non-hydrogen) atoms. The van der Waals surface area contributed by atoms with Crippen LogP contribution in [-0.4, -0.2) is 51.6 Å². The zero-order valence-electron chi connectivity index (χ0n) is 20.2. The van der Waals surface area contributed by atoms with Gasteiger partial charge in [0.05, 0.1) is 17.5 Å². The van der Waals surface area contributed by atoms with Crippen molar-refractivity contribution in [1.82, 2.24) is 14.5 Å². The molecule has 0 amide bonds. The van der Waals surface area contributed by atoms with Crippen LogP contribution in [0.15, 0.2) is 36.8 Å². The van der Waals surface area contributed by atoms with E-state index >= 15 is 0 Å². The van der Waals surface area contributed by atoms with Gasteiger partial charge in [0.1, 0.15) is 17.9 Å². The fourth-order valence-corrected chi connectivity index (χ4v) is 4.40. The van der Waals surface area contributed by atoms with Crippen molar-refractivity contribution in [2.75, 3.05) is 6.61 Å². The molecule has 5 atom stereocenters. The van der Waals surface area contributed by atoms with Crippen LogP contribution in [0.25, 0.3) is 22.3 Å². The van der Waals surface area contributed by atoms with Gasteiger partial charge in [-0.2, -0.15) is 0 Å². The Bertz CT molecular complexity index is 1240. The molecule has 0 bridgehead atoms. The second-order valence-electron chi connectivity index (χ2n) is 8.82. The lowest BCUT2D eigenvalue weighted by atomic mass is 9.83. The van der Waals surface area contributed by atoms with Gasteiger partial charge < -0.3 is 23.5 Å². The van der Waals surface area contributed by atoms with Gasteiger partial charge in [-0.15, -0.1) is 0 Å². The number of rotatable bonds is 6. The van der Waals surface area contributed by atoms with E-state index in [9.17, 15) is 9.59 Å². The Labute approximate surface area is 208 Å². The zero-order chi connectivity index (χ0) is 25.3. The number of hydrogen-bond acceptors (Lipinski definition) is 8. The maximum atomic E-state index is 11.8. The molecule has 1 saturated heterocycles. The first-order valence-electron chi connectivity index (χ1n) is 11.3.